The van der Waals surface area contributed by atoms with Crippen LogP contribution in [0.1, 0.15) is 44.9 Å². The highest BCUT2D eigenvalue weighted by atomic mass is 19.1. The van der Waals surface area contributed by atoms with Crippen LogP contribution in [-0.4, -0.2) is 12.3 Å². The molecule has 11 heavy (non-hydrogen) atoms. The lowest BCUT2D eigenvalue weighted by Crippen LogP contribution is -2.00. The average Bonchev–Trinajstić information content (AvgIpc) is 2.04. The second kappa shape index (κ2) is 4.68. The molecule has 0 N–H and O–H groups in total. The van der Waals surface area contributed by atoms with E-state index in [0.29, 0.717) is 25.7 Å². The summed E-state index contributed by atoms with van der Waals surface area (Å²) in [5, 5.41) is 0. The molecule has 0 bridgehead atoms. The molecule has 2 heteroatoms. The largest absolute Gasteiger partial charge is 0.247 e. The molecular weight excluding hydrogens is 146 g/mol. The fourth-order valence-electron chi connectivity index (χ4n) is 1.58. The molecule has 0 saturated heterocycles. The minimum atomic E-state index is -0.666. The molecule has 1 saturated carbocycles. The van der Waals surface area contributed by atoms with Crippen molar-refractivity contribution in [3.63, 3.8) is 0 Å². The third-order valence-electron chi connectivity index (χ3n) is 2.32. The van der Waals surface area contributed by atoms with Crippen LogP contribution in [-0.2, 0) is 0 Å². The van der Waals surface area contributed by atoms with E-state index in [2.05, 4.69) is 0 Å². The molecule has 1 aliphatic carbocycles. The minimum Gasteiger partial charge on any atom is -0.247 e. The fraction of sp³-hybridized carbons (Fsp3) is 1.00. The highest BCUT2D eigenvalue weighted by Gasteiger charge is 2.13. The first kappa shape index (κ1) is 8.95. The first-order valence-corrected chi connectivity index (χ1v) is 4.57. The van der Waals surface area contributed by atoms with E-state index in [1.165, 1.54) is 0 Å². The van der Waals surface area contributed by atoms with Gasteiger partial charge in [-0.15, -0.1) is 0 Å². The molecule has 0 heterocycles. The summed E-state index contributed by atoms with van der Waals surface area (Å²) in [7, 11) is 0. The Morgan fingerprint density at radius 1 is 0.636 bits per heavy atom. The highest BCUT2D eigenvalue weighted by molar-refractivity contribution is 4.65. The number of hydrogen-bond donors (Lipinski definition) is 0. The van der Waals surface area contributed by atoms with E-state index in [1.807, 2.05) is 0 Å². The minimum absolute atomic E-state index is 0.570. The van der Waals surface area contributed by atoms with Crippen LogP contribution in [0, 0.1) is 0 Å². The molecule has 0 spiro atoms. The summed E-state index contributed by atoms with van der Waals surface area (Å²) in [4.78, 5) is 0. The summed E-state index contributed by atoms with van der Waals surface area (Å²) < 4.78 is 25.6. The monoisotopic (exact) mass is 162 g/mol. The van der Waals surface area contributed by atoms with Crippen molar-refractivity contribution in [1.29, 1.82) is 0 Å². The summed E-state index contributed by atoms with van der Waals surface area (Å²) in [5.41, 5.74) is 0. The van der Waals surface area contributed by atoms with Gasteiger partial charge in [-0.2, -0.15) is 0 Å². The van der Waals surface area contributed by atoms with Crippen LogP contribution in [0.2, 0.25) is 0 Å². The lowest BCUT2D eigenvalue weighted by Gasteiger charge is -2.04. The van der Waals surface area contributed by atoms with Gasteiger partial charge >= 0.3 is 0 Å². The molecule has 0 amide bonds. The molecule has 1 fully saturated rings. The molecular formula is C9H16F2. The first-order chi connectivity index (χ1) is 5.29. The number of hydrogen-bond acceptors (Lipinski definition) is 0. The summed E-state index contributed by atoms with van der Waals surface area (Å²) in [5.74, 6) is 0. The van der Waals surface area contributed by atoms with Crippen LogP contribution in [0.25, 0.3) is 0 Å². The van der Waals surface area contributed by atoms with Gasteiger partial charge in [0.1, 0.15) is 12.3 Å². The predicted molar refractivity (Wildman–Crippen MR) is 42.1 cm³/mol. The lowest BCUT2D eigenvalue weighted by atomic mass is 10.1. The zero-order valence-electron chi connectivity index (χ0n) is 6.86. The van der Waals surface area contributed by atoms with Gasteiger partial charge in [0, 0.05) is 0 Å². The van der Waals surface area contributed by atoms with Crippen molar-refractivity contribution >= 4 is 0 Å². The van der Waals surface area contributed by atoms with E-state index >= 15 is 0 Å². The van der Waals surface area contributed by atoms with Gasteiger partial charge in [-0.25, -0.2) is 8.78 Å². The SMILES string of the molecule is FC1CCCCC(F)CCC1. The van der Waals surface area contributed by atoms with Crippen molar-refractivity contribution in [1.82, 2.24) is 0 Å². The Labute approximate surface area is 67.0 Å². The van der Waals surface area contributed by atoms with E-state index in [0.717, 1.165) is 19.3 Å². The average molecular weight is 162 g/mol. The highest BCUT2D eigenvalue weighted by Crippen LogP contribution is 2.20. The Bertz CT molecular complexity index is 91.7. The molecule has 2 unspecified atom stereocenters. The van der Waals surface area contributed by atoms with Crippen molar-refractivity contribution < 1.29 is 8.78 Å². The zero-order valence-corrected chi connectivity index (χ0v) is 6.86. The van der Waals surface area contributed by atoms with Gasteiger partial charge in [0.15, 0.2) is 0 Å². The standard InChI is InChI=1S/C9H16F2/c10-8-4-1-2-5-9(11)7-3-6-8/h8-9H,1-7H2. The first-order valence-electron chi connectivity index (χ1n) is 4.57. The van der Waals surface area contributed by atoms with Crippen molar-refractivity contribution in [3.05, 3.63) is 0 Å². The van der Waals surface area contributed by atoms with Gasteiger partial charge < -0.3 is 0 Å². The van der Waals surface area contributed by atoms with E-state index in [1.54, 1.807) is 0 Å². The second-order valence-corrected chi connectivity index (χ2v) is 3.41. The molecule has 0 aromatic heterocycles. The van der Waals surface area contributed by atoms with Gasteiger partial charge in [0.2, 0.25) is 0 Å². The maximum absolute atomic E-state index is 12.8. The Morgan fingerprint density at radius 3 is 1.45 bits per heavy atom. The molecule has 1 aliphatic rings. The van der Waals surface area contributed by atoms with E-state index in [-0.39, 0.29) is 0 Å². The van der Waals surface area contributed by atoms with Crippen LogP contribution in [0.4, 0.5) is 8.78 Å². The Balaban J connectivity index is 2.24. The van der Waals surface area contributed by atoms with Crippen molar-refractivity contribution in [2.24, 2.45) is 0 Å². The van der Waals surface area contributed by atoms with Crippen molar-refractivity contribution in [2.75, 3.05) is 0 Å². The van der Waals surface area contributed by atoms with Crippen LogP contribution >= 0.6 is 0 Å². The van der Waals surface area contributed by atoms with Gasteiger partial charge in [-0.1, -0.05) is 12.8 Å². The lowest BCUT2D eigenvalue weighted by molar-refractivity contribution is 0.271. The maximum Gasteiger partial charge on any atom is 0.100 e. The molecule has 0 aromatic rings. The summed E-state index contributed by atoms with van der Waals surface area (Å²) in [6, 6.07) is 0. The molecule has 2 atom stereocenters. The maximum atomic E-state index is 12.8. The normalized spacial score (nSPS) is 35.5. The van der Waals surface area contributed by atoms with Crippen LogP contribution in [0.3, 0.4) is 0 Å². The molecule has 0 radical (unpaired) electrons. The molecule has 66 valence electrons. The Morgan fingerprint density at radius 2 is 1.00 bits per heavy atom. The summed E-state index contributed by atoms with van der Waals surface area (Å²) >= 11 is 0. The van der Waals surface area contributed by atoms with Crippen molar-refractivity contribution in [2.45, 2.75) is 57.3 Å². The van der Waals surface area contributed by atoms with Crippen LogP contribution in [0.15, 0.2) is 0 Å². The van der Waals surface area contributed by atoms with Gasteiger partial charge in [-0.05, 0) is 32.1 Å². The molecule has 1 rings (SSSR count). The van der Waals surface area contributed by atoms with E-state index in [4.69, 9.17) is 0 Å². The third-order valence-corrected chi connectivity index (χ3v) is 2.32. The number of rotatable bonds is 0. The van der Waals surface area contributed by atoms with Gasteiger partial charge in [-0.3, -0.25) is 0 Å². The quantitative estimate of drug-likeness (QED) is 0.512. The topological polar surface area (TPSA) is 0 Å². The fourth-order valence-corrected chi connectivity index (χ4v) is 1.58. The van der Waals surface area contributed by atoms with E-state index < -0.39 is 12.3 Å². The predicted octanol–water partition coefficient (Wildman–Crippen LogP) is 3.41. The van der Waals surface area contributed by atoms with Crippen LogP contribution in [0.5, 0.6) is 0 Å². The number of halogens is 2. The molecule has 0 aliphatic heterocycles. The van der Waals surface area contributed by atoms with Gasteiger partial charge in [0.25, 0.3) is 0 Å². The zero-order chi connectivity index (χ0) is 8.10. The molecule has 0 nitrogen and oxygen atoms in total. The summed E-state index contributed by atoms with van der Waals surface area (Å²) in [6.45, 7) is 0. The summed E-state index contributed by atoms with van der Waals surface area (Å²) in [6.07, 6.45) is 3.55. The third kappa shape index (κ3) is 3.68. The molecule has 0 aromatic carbocycles. The van der Waals surface area contributed by atoms with Crippen LogP contribution < -0.4 is 0 Å². The Kier molecular flexibility index (Phi) is 3.81. The smallest absolute Gasteiger partial charge is 0.100 e. The van der Waals surface area contributed by atoms with E-state index in [9.17, 15) is 8.78 Å². The Hall–Kier alpha value is -0.140. The second-order valence-electron chi connectivity index (χ2n) is 3.41. The van der Waals surface area contributed by atoms with Crippen molar-refractivity contribution in [3.8, 4) is 0 Å². The number of alkyl halides is 2. The van der Waals surface area contributed by atoms with Gasteiger partial charge in [0.05, 0.1) is 0 Å².